The summed E-state index contributed by atoms with van der Waals surface area (Å²) in [6.45, 7) is 6.43. The van der Waals surface area contributed by atoms with Gasteiger partial charge >= 0.3 is 0 Å². The minimum atomic E-state index is 0.687. The Balaban J connectivity index is 2.59. The fourth-order valence-electron chi connectivity index (χ4n) is 0.997. The highest BCUT2D eigenvalue weighted by molar-refractivity contribution is 5.79. The van der Waals surface area contributed by atoms with Crippen molar-refractivity contribution in [3.63, 3.8) is 0 Å². The quantitative estimate of drug-likeness (QED) is 0.527. The van der Waals surface area contributed by atoms with Gasteiger partial charge in [0.1, 0.15) is 5.75 Å². The first-order chi connectivity index (χ1) is 6.72. The van der Waals surface area contributed by atoms with Crippen LogP contribution in [0, 0.1) is 0 Å². The third-order valence-corrected chi connectivity index (χ3v) is 1.72. The number of aliphatic imine (C=N–C) groups is 1. The molecule has 0 saturated carbocycles. The van der Waals surface area contributed by atoms with Gasteiger partial charge in [0.15, 0.2) is 0 Å². The van der Waals surface area contributed by atoms with Crippen LogP contribution in [0.3, 0.4) is 0 Å². The number of rotatable bonds is 4. The number of nitrogens with zero attached hydrogens (tertiary/aromatic N) is 1. The summed E-state index contributed by atoms with van der Waals surface area (Å²) in [6, 6.07) is 7.78. The molecule has 0 aliphatic carbocycles. The van der Waals surface area contributed by atoms with Crippen molar-refractivity contribution >= 4 is 6.21 Å². The first-order valence-corrected chi connectivity index (χ1v) is 4.50. The van der Waals surface area contributed by atoms with Gasteiger partial charge in [-0.3, -0.25) is 4.99 Å². The summed E-state index contributed by atoms with van der Waals surface area (Å²) in [5, 5.41) is 0. The second kappa shape index (κ2) is 5.22. The number of hydrogen-bond acceptors (Lipinski definition) is 2. The molecule has 0 aliphatic heterocycles. The second-order valence-corrected chi connectivity index (χ2v) is 3.20. The van der Waals surface area contributed by atoms with Crippen LogP contribution in [-0.4, -0.2) is 19.9 Å². The zero-order valence-electron chi connectivity index (χ0n) is 8.66. The first kappa shape index (κ1) is 10.5. The molecule has 0 aromatic heterocycles. The molecule has 0 aliphatic rings. The fourth-order valence-corrected chi connectivity index (χ4v) is 0.997. The lowest BCUT2D eigenvalue weighted by atomic mass is 10.2. The molecule has 0 spiro atoms. The summed E-state index contributed by atoms with van der Waals surface area (Å²) in [5.41, 5.74) is 2.14. The fraction of sp³-hybridized carbons (Fsp3) is 0.250. The van der Waals surface area contributed by atoms with Gasteiger partial charge in [0, 0.05) is 6.21 Å². The van der Waals surface area contributed by atoms with Crippen molar-refractivity contribution < 1.29 is 4.74 Å². The molecule has 0 bridgehead atoms. The average molecular weight is 189 g/mol. The van der Waals surface area contributed by atoms with Crippen LogP contribution in [0.15, 0.2) is 41.4 Å². The van der Waals surface area contributed by atoms with E-state index in [0.29, 0.717) is 6.54 Å². The summed E-state index contributed by atoms with van der Waals surface area (Å²) in [6.07, 6.45) is 1.84. The molecule has 0 N–H and O–H groups in total. The van der Waals surface area contributed by atoms with Crippen molar-refractivity contribution in [1.82, 2.24) is 0 Å². The average Bonchev–Trinajstić information content (AvgIpc) is 2.18. The number of methoxy groups -OCH3 is 1. The molecule has 0 heterocycles. The highest BCUT2D eigenvalue weighted by Crippen LogP contribution is 2.09. The van der Waals surface area contributed by atoms with Crippen LogP contribution in [0.4, 0.5) is 0 Å². The van der Waals surface area contributed by atoms with Gasteiger partial charge in [0.05, 0.1) is 13.7 Å². The van der Waals surface area contributed by atoms with Crippen molar-refractivity contribution in [3.8, 4) is 5.75 Å². The molecule has 0 saturated heterocycles. The van der Waals surface area contributed by atoms with E-state index < -0.39 is 0 Å². The normalized spacial score (nSPS) is 10.4. The van der Waals surface area contributed by atoms with Crippen LogP contribution >= 0.6 is 0 Å². The molecular formula is C12H15NO. The van der Waals surface area contributed by atoms with Gasteiger partial charge < -0.3 is 4.74 Å². The van der Waals surface area contributed by atoms with Crippen LogP contribution in [0.5, 0.6) is 5.75 Å². The van der Waals surface area contributed by atoms with E-state index in [-0.39, 0.29) is 0 Å². The summed E-state index contributed by atoms with van der Waals surface area (Å²) in [7, 11) is 1.66. The predicted octanol–water partition coefficient (Wildman–Crippen LogP) is 2.69. The lowest BCUT2D eigenvalue weighted by Crippen LogP contribution is -1.86. The maximum absolute atomic E-state index is 5.05. The summed E-state index contributed by atoms with van der Waals surface area (Å²) in [4.78, 5) is 4.23. The monoisotopic (exact) mass is 189 g/mol. The summed E-state index contributed by atoms with van der Waals surface area (Å²) < 4.78 is 5.05. The molecule has 74 valence electrons. The Hall–Kier alpha value is -1.57. The Morgan fingerprint density at radius 1 is 1.43 bits per heavy atom. The zero-order chi connectivity index (χ0) is 10.4. The van der Waals surface area contributed by atoms with E-state index in [1.807, 2.05) is 37.4 Å². The van der Waals surface area contributed by atoms with Gasteiger partial charge in [-0.1, -0.05) is 12.2 Å². The zero-order valence-corrected chi connectivity index (χ0v) is 8.66. The Kier molecular flexibility index (Phi) is 3.92. The second-order valence-electron chi connectivity index (χ2n) is 3.20. The SMILES string of the molecule is C=C(C)CN=Cc1ccc(OC)cc1. The van der Waals surface area contributed by atoms with E-state index in [0.717, 1.165) is 16.9 Å². The Labute approximate surface area is 84.9 Å². The number of hydrogen-bond donors (Lipinski definition) is 0. The van der Waals surface area contributed by atoms with Crippen LogP contribution in [-0.2, 0) is 0 Å². The van der Waals surface area contributed by atoms with E-state index in [4.69, 9.17) is 4.74 Å². The molecule has 0 atom stereocenters. The maximum Gasteiger partial charge on any atom is 0.118 e. The van der Waals surface area contributed by atoms with Crippen LogP contribution < -0.4 is 4.74 Å². The maximum atomic E-state index is 5.05. The van der Waals surface area contributed by atoms with Gasteiger partial charge in [-0.05, 0) is 36.8 Å². The van der Waals surface area contributed by atoms with E-state index in [1.54, 1.807) is 7.11 Å². The molecule has 1 aromatic rings. The van der Waals surface area contributed by atoms with E-state index in [9.17, 15) is 0 Å². The molecule has 0 amide bonds. The predicted molar refractivity (Wildman–Crippen MR) is 60.3 cm³/mol. The molecule has 1 rings (SSSR count). The summed E-state index contributed by atoms with van der Waals surface area (Å²) >= 11 is 0. The molecule has 0 unspecified atom stereocenters. The van der Waals surface area contributed by atoms with Crippen molar-refractivity contribution in [1.29, 1.82) is 0 Å². The standard InChI is InChI=1S/C12H15NO/c1-10(2)8-13-9-11-4-6-12(14-3)7-5-11/h4-7,9H,1,8H2,2-3H3. The Morgan fingerprint density at radius 3 is 2.57 bits per heavy atom. The minimum Gasteiger partial charge on any atom is -0.497 e. The largest absolute Gasteiger partial charge is 0.497 e. The smallest absolute Gasteiger partial charge is 0.118 e. The first-order valence-electron chi connectivity index (χ1n) is 4.50. The topological polar surface area (TPSA) is 21.6 Å². The molecule has 0 fully saturated rings. The van der Waals surface area contributed by atoms with Crippen LogP contribution in [0.1, 0.15) is 12.5 Å². The van der Waals surface area contributed by atoms with Crippen LogP contribution in [0.2, 0.25) is 0 Å². The Bertz CT molecular complexity index is 325. The third-order valence-electron chi connectivity index (χ3n) is 1.72. The number of ether oxygens (including phenoxy) is 1. The van der Waals surface area contributed by atoms with Crippen molar-refractivity contribution in [2.45, 2.75) is 6.92 Å². The van der Waals surface area contributed by atoms with E-state index in [2.05, 4.69) is 11.6 Å². The van der Waals surface area contributed by atoms with Crippen molar-refractivity contribution in [3.05, 3.63) is 42.0 Å². The minimum absolute atomic E-state index is 0.687. The number of benzene rings is 1. The summed E-state index contributed by atoms with van der Waals surface area (Å²) in [5.74, 6) is 0.863. The molecule has 1 aromatic carbocycles. The van der Waals surface area contributed by atoms with Gasteiger partial charge in [0.25, 0.3) is 0 Å². The highest BCUT2D eigenvalue weighted by Gasteiger charge is 1.90. The van der Waals surface area contributed by atoms with E-state index >= 15 is 0 Å². The van der Waals surface area contributed by atoms with Gasteiger partial charge in [-0.25, -0.2) is 0 Å². The van der Waals surface area contributed by atoms with Crippen molar-refractivity contribution in [2.75, 3.05) is 13.7 Å². The lowest BCUT2D eigenvalue weighted by Gasteiger charge is -1.98. The Morgan fingerprint density at radius 2 is 2.07 bits per heavy atom. The van der Waals surface area contributed by atoms with Gasteiger partial charge in [-0.2, -0.15) is 0 Å². The van der Waals surface area contributed by atoms with Gasteiger partial charge in [-0.15, -0.1) is 0 Å². The lowest BCUT2D eigenvalue weighted by molar-refractivity contribution is 0.415. The van der Waals surface area contributed by atoms with Gasteiger partial charge in [0.2, 0.25) is 0 Å². The molecule has 14 heavy (non-hydrogen) atoms. The molecular weight excluding hydrogens is 174 g/mol. The van der Waals surface area contributed by atoms with Crippen molar-refractivity contribution in [2.24, 2.45) is 4.99 Å². The van der Waals surface area contributed by atoms with Crippen LogP contribution in [0.25, 0.3) is 0 Å². The highest BCUT2D eigenvalue weighted by atomic mass is 16.5. The molecule has 2 heteroatoms. The molecule has 0 radical (unpaired) electrons. The third kappa shape index (κ3) is 3.44. The molecule has 2 nitrogen and oxygen atoms in total. The van der Waals surface area contributed by atoms with E-state index in [1.165, 1.54) is 0 Å².